The second kappa shape index (κ2) is 8.67. The van der Waals surface area contributed by atoms with Crippen LogP contribution >= 0.6 is 8.25 Å². The van der Waals surface area contributed by atoms with Crippen molar-refractivity contribution in [2.24, 2.45) is 0 Å². The van der Waals surface area contributed by atoms with E-state index in [1.165, 1.54) is 4.57 Å². The second-order valence-electron chi connectivity index (χ2n) is 9.05. The number of aliphatic hydroxyl groups excluding tert-OH is 1. The molecule has 2 aromatic rings. The number of nitrogens with zero attached hydrogens (tertiary/aromatic N) is 1. The topological polar surface area (TPSA) is 107 Å². The molecule has 1 fully saturated rings. The van der Waals surface area contributed by atoms with E-state index in [4.69, 9.17) is 13.7 Å². The van der Waals surface area contributed by atoms with Gasteiger partial charge in [-0.25, -0.2) is 0 Å². The van der Waals surface area contributed by atoms with Crippen molar-refractivity contribution in [1.29, 1.82) is 0 Å². The highest BCUT2D eigenvalue weighted by atomic mass is 31.1. The van der Waals surface area contributed by atoms with Crippen LogP contribution in [0.5, 0.6) is 0 Å². The van der Waals surface area contributed by atoms with E-state index in [1.54, 1.807) is 24.4 Å². The Balaban J connectivity index is 2.10. The summed E-state index contributed by atoms with van der Waals surface area (Å²) in [6, 6.07) is 9.03. The molecule has 0 saturated carbocycles. The van der Waals surface area contributed by atoms with Crippen molar-refractivity contribution in [2.45, 2.75) is 63.4 Å². The number of fused-ring (bicyclic) bond motifs is 1. The van der Waals surface area contributed by atoms with E-state index in [-0.39, 0.29) is 10.6 Å². The van der Waals surface area contributed by atoms with Crippen molar-refractivity contribution < 1.29 is 28.3 Å². The van der Waals surface area contributed by atoms with Crippen LogP contribution in [0.3, 0.4) is 0 Å². The van der Waals surface area contributed by atoms with Gasteiger partial charge >= 0.3 is 8.25 Å². The molecule has 0 radical (unpaired) electrons. The van der Waals surface area contributed by atoms with Crippen LogP contribution in [0.1, 0.15) is 27.0 Å². The predicted molar refractivity (Wildman–Crippen MR) is 117 cm³/mol. The lowest BCUT2D eigenvalue weighted by Gasteiger charge is -2.40. The molecular formula is C20H30NO7PSi. The lowest BCUT2D eigenvalue weighted by Crippen LogP contribution is -2.49. The molecule has 8 nitrogen and oxygen atoms in total. The molecule has 0 amide bonds. The average molecular weight is 456 g/mol. The zero-order valence-corrected chi connectivity index (χ0v) is 19.9. The van der Waals surface area contributed by atoms with E-state index < -0.39 is 47.7 Å². The minimum absolute atomic E-state index is 0.155. The summed E-state index contributed by atoms with van der Waals surface area (Å²) in [5.41, 5.74) is -0.268. The summed E-state index contributed by atoms with van der Waals surface area (Å²) in [5, 5.41) is 11.0. The van der Waals surface area contributed by atoms with Crippen LogP contribution < -0.4 is 5.56 Å². The molecule has 10 heteroatoms. The molecule has 2 N–H and O–H groups in total. The number of aliphatic hydroxyl groups is 1. The largest absolute Gasteiger partial charge is 0.407 e. The summed E-state index contributed by atoms with van der Waals surface area (Å²) < 4.78 is 30.7. The zero-order valence-electron chi connectivity index (χ0n) is 17.9. The summed E-state index contributed by atoms with van der Waals surface area (Å²) in [4.78, 5) is 22.6. The van der Waals surface area contributed by atoms with Gasteiger partial charge in [0.25, 0.3) is 5.56 Å². The Kier molecular flexibility index (Phi) is 6.74. The molecular weight excluding hydrogens is 425 g/mol. The van der Waals surface area contributed by atoms with Gasteiger partial charge in [0.05, 0.1) is 6.61 Å². The molecule has 2 heterocycles. The van der Waals surface area contributed by atoms with Crippen LogP contribution in [0.2, 0.25) is 18.1 Å². The molecule has 30 heavy (non-hydrogen) atoms. The van der Waals surface area contributed by atoms with Crippen molar-refractivity contribution in [1.82, 2.24) is 4.57 Å². The maximum absolute atomic E-state index is 13.2. The zero-order chi connectivity index (χ0) is 22.3. The van der Waals surface area contributed by atoms with Crippen molar-refractivity contribution in [3.63, 3.8) is 0 Å². The summed E-state index contributed by atoms with van der Waals surface area (Å²) in [5.74, 6) is 0. The van der Waals surface area contributed by atoms with Crippen LogP contribution in [0.4, 0.5) is 0 Å². The number of pyridine rings is 1. The Morgan fingerprint density at radius 1 is 1.20 bits per heavy atom. The Morgan fingerprint density at radius 2 is 1.87 bits per heavy atom. The number of aromatic nitrogens is 1. The molecule has 1 aliphatic rings. The average Bonchev–Trinajstić information content (AvgIpc) is 2.97. The molecule has 3 rings (SSSR count). The van der Waals surface area contributed by atoms with E-state index in [1.807, 2.05) is 25.2 Å². The summed E-state index contributed by atoms with van der Waals surface area (Å²) in [6.07, 6.45) is -1.99. The molecule has 1 aromatic heterocycles. The first kappa shape index (κ1) is 23.3. The predicted octanol–water partition coefficient (Wildman–Crippen LogP) is 3.05. The molecule has 0 spiro atoms. The quantitative estimate of drug-likeness (QED) is 0.509. The molecule has 166 valence electrons. The standard InChI is InChI=1S/C20H30NO7PSi/c1-20(2,3)30(4,5)28-17-16(27-29(24)25)15(12-22)26-19(17)21-11-10-13-8-6-7-9-14(13)18(21)23/h6-11,15-17,19,22,29H,12H2,1-5H3,(H,24,25)/t15-,16?,17?,19-/m1/s1. The van der Waals surface area contributed by atoms with Gasteiger partial charge in [0.15, 0.2) is 14.5 Å². The van der Waals surface area contributed by atoms with Crippen molar-refractivity contribution in [2.75, 3.05) is 6.61 Å². The third-order valence-corrected chi connectivity index (χ3v) is 11.0. The van der Waals surface area contributed by atoms with Crippen molar-refractivity contribution in [3.05, 3.63) is 46.9 Å². The smallest absolute Gasteiger partial charge is 0.317 e. The molecule has 1 saturated heterocycles. The fourth-order valence-electron chi connectivity index (χ4n) is 3.39. The Hall–Kier alpha value is -1.32. The van der Waals surface area contributed by atoms with Crippen LogP contribution in [0.25, 0.3) is 10.8 Å². The van der Waals surface area contributed by atoms with Gasteiger partial charge < -0.3 is 23.7 Å². The molecule has 0 bridgehead atoms. The van der Waals surface area contributed by atoms with Crippen LogP contribution in [-0.2, 0) is 18.3 Å². The number of ether oxygens (including phenoxy) is 1. The van der Waals surface area contributed by atoms with Crippen molar-refractivity contribution in [3.8, 4) is 0 Å². The first-order chi connectivity index (χ1) is 14.0. The van der Waals surface area contributed by atoms with Gasteiger partial charge in [-0.1, -0.05) is 39.0 Å². The van der Waals surface area contributed by atoms with Crippen LogP contribution in [0, 0.1) is 0 Å². The lowest BCUT2D eigenvalue weighted by atomic mass is 10.1. The molecule has 1 aliphatic heterocycles. The van der Waals surface area contributed by atoms with E-state index >= 15 is 0 Å². The third kappa shape index (κ3) is 4.48. The number of benzene rings is 1. The van der Waals surface area contributed by atoms with Crippen LogP contribution in [0.15, 0.2) is 41.3 Å². The minimum atomic E-state index is -3.32. The number of rotatable bonds is 6. The maximum Gasteiger partial charge on any atom is 0.317 e. The Morgan fingerprint density at radius 3 is 2.47 bits per heavy atom. The Labute approximate surface area is 177 Å². The third-order valence-electron chi connectivity index (χ3n) is 6.05. The van der Waals surface area contributed by atoms with E-state index in [9.17, 15) is 19.4 Å². The highest BCUT2D eigenvalue weighted by molar-refractivity contribution is 7.32. The van der Waals surface area contributed by atoms with Crippen LogP contribution in [-0.4, -0.2) is 47.8 Å². The summed E-state index contributed by atoms with van der Waals surface area (Å²) in [7, 11) is -5.70. The molecule has 5 atom stereocenters. The van der Waals surface area contributed by atoms with Gasteiger partial charge in [0.2, 0.25) is 0 Å². The first-order valence-electron chi connectivity index (χ1n) is 9.90. The lowest BCUT2D eigenvalue weighted by molar-refractivity contribution is -0.0517. The summed E-state index contributed by atoms with van der Waals surface area (Å²) >= 11 is 0. The van der Waals surface area contributed by atoms with E-state index in [0.717, 1.165) is 5.39 Å². The van der Waals surface area contributed by atoms with E-state index in [0.29, 0.717) is 5.39 Å². The van der Waals surface area contributed by atoms with Gasteiger partial charge in [-0.2, -0.15) is 0 Å². The van der Waals surface area contributed by atoms with Gasteiger partial charge in [-0.05, 0) is 35.7 Å². The first-order valence-corrected chi connectivity index (χ1v) is 14.1. The summed E-state index contributed by atoms with van der Waals surface area (Å²) in [6.45, 7) is 9.86. The number of hydrogen-bond donors (Lipinski definition) is 2. The van der Waals surface area contributed by atoms with E-state index in [2.05, 4.69) is 20.8 Å². The number of hydrogen-bond acceptors (Lipinski definition) is 6. The van der Waals surface area contributed by atoms with Gasteiger partial charge in [0.1, 0.15) is 18.3 Å². The Bertz CT molecular complexity index is 987. The highest BCUT2D eigenvalue weighted by Gasteiger charge is 2.52. The second-order valence-corrected chi connectivity index (χ2v) is 14.6. The highest BCUT2D eigenvalue weighted by Crippen LogP contribution is 2.43. The fraction of sp³-hybridized carbons (Fsp3) is 0.550. The minimum Gasteiger partial charge on any atom is -0.407 e. The molecule has 1 aromatic carbocycles. The molecule has 3 unspecified atom stereocenters. The van der Waals surface area contributed by atoms with Gasteiger partial charge in [0, 0.05) is 11.6 Å². The SMILES string of the molecule is CC(C)(C)[Si](C)(C)OC1C(O[PH](=O)O)[C@@H](CO)O[C@H]1n1ccc2ccccc2c1=O. The van der Waals surface area contributed by atoms with Gasteiger partial charge in [-0.15, -0.1) is 0 Å². The normalized spacial score (nSPS) is 26.2. The van der Waals surface area contributed by atoms with Gasteiger partial charge in [-0.3, -0.25) is 13.9 Å². The maximum atomic E-state index is 13.2. The van der Waals surface area contributed by atoms with Crippen molar-refractivity contribution >= 4 is 27.3 Å². The monoisotopic (exact) mass is 455 g/mol. The molecule has 0 aliphatic carbocycles. The fourth-order valence-corrected chi connectivity index (χ4v) is 5.19.